The van der Waals surface area contributed by atoms with Crippen LogP contribution < -0.4 is 5.32 Å². The molecule has 0 heterocycles. The van der Waals surface area contributed by atoms with E-state index in [4.69, 9.17) is 0 Å². The van der Waals surface area contributed by atoms with Gasteiger partial charge >= 0.3 is 0 Å². The van der Waals surface area contributed by atoms with Gasteiger partial charge in [-0.3, -0.25) is 4.79 Å². The van der Waals surface area contributed by atoms with Crippen molar-refractivity contribution >= 4 is 21.8 Å². The van der Waals surface area contributed by atoms with Crippen molar-refractivity contribution in [3.8, 4) is 0 Å². The van der Waals surface area contributed by atoms with Crippen LogP contribution in [0.4, 0.5) is 0 Å². The zero-order chi connectivity index (χ0) is 14.4. The van der Waals surface area contributed by atoms with Crippen LogP contribution in [0.3, 0.4) is 0 Å². The molecule has 0 aromatic heterocycles. The molecule has 2 nitrogen and oxygen atoms in total. The summed E-state index contributed by atoms with van der Waals surface area (Å²) in [5, 5.41) is 4.19. The first-order chi connectivity index (χ1) is 9.69. The van der Waals surface area contributed by atoms with Crippen molar-refractivity contribution in [2.24, 2.45) is 11.8 Å². The van der Waals surface area contributed by atoms with E-state index in [0.29, 0.717) is 12.3 Å². The molecule has 20 heavy (non-hydrogen) atoms. The number of hydrogen-bond donors (Lipinski definition) is 1. The van der Waals surface area contributed by atoms with E-state index in [9.17, 15) is 4.79 Å². The zero-order valence-corrected chi connectivity index (χ0v) is 13.8. The number of halogens is 1. The van der Waals surface area contributed by atoms with Crippen molar-refractivity contribution in [3.63, 3.8) is 0 Å². The third-order valence-corrected chi connectivity index (χ3v) is 5.10. The molecule has 2 rings (SSSR count). The number of aryl methyl sites for hydroxylation is 1. The van der Waals surface area contributed by atoms with Gasteiger partial charge in [0.05, 0.1) is 6.42 Å². The number of nitrogens with one attached hydrogen (secondary N) is 1. The quantitative estimate of drug-likeness (QED) is 0.812. The topological polar surface area (TPSA) is 29.1 Å². The van der Waals surface area contributed by atoms with E-state index in [0.717, 1.165) is 23.4 Å². The second-order valence-electron chi connectivity index (χ2n) is 5.93. The predicted octanol–water partition coefficient (Wildman–Crippen LogP) is 3.86. The molecule has 2 unspecified atom stereocenters. The smallest absolute Gasteiger partial charge is 0.224 e. The number of rotatable bonds is 5. The molecule has 2 atom stereocenters. The molecule has 0 saturated heterocycles. The van der Waals surface area contributed by atoms with Gasteiger partial charge in [-0.15, -0.1) is 0 Å². The maximum Gasteiger partial charge on any atom is 0.224 e. The third-order valence-electron chi connectivity index (χ3n) is 4.27. The molecule has 110 valence electrons. The van der Waals surface area contributed by atoms with Crippen LogP contribution in [0.15, 0.2) is 24.3 Å². The highest BCUT2D eigenvalue weighted by Crippen LogP contribution is 2.30. The number of hydrogen-bond acceptors (Lipinski definition) is 1. The second kappa shape index (κ2) is 7.82. The number of alkyl halides is 1. The van der Waals surface area contributed by atoms with Crippen molar-refractivity contribution in [1.29, 1.82) is 0 Å². The molecule has 1 aliphatic carbocycles. The normalized spacial score (nSPS) is 22.5. The molecular weight excluding hydrogens is 314 g/mol. The molecule has 3 heteroatoms. The van der Waals surface area contributed by atoms with Crippen molar-refractivity contribution in [3.05, 3.63) is 35.4 Å². The van der Waals surface area contributed by atoms with E-state index in [1.165, 1.54) is 31.2 Å². The summed E-state index contributed by atoms with van der Waals surface area (Å²) >= 11 is 3.61. The largest absolute Gasteiger partial charge is 0.356 e. The van der Waals surface area contributed by atoms with Gasteiger partial charge in [0.1, 0.15) is 0 Å². The monoisotopic (exact) mass is 337 g/mol. The van der Waals surface area contributed by atoms with Gasteiger partial charge < -0.3 is 5.32 Å². The van der Waals surface area contributed by atoms with E-state index in [2.05, 4.69) is 40.3 Å². The molecule has 1 aromatic carbocycles. The summed E-state index contributed by atoms with van der Waals surface area (Å²) in [6.07, 6.45) is 5.68. The minimum Gasteiger partial charge on any atom is -0.356 e. The van der Waals surface area contributed by atoms with Crippen LogP contribution in [-0.4, -0.2) is 17.8 Å². The maximum atomic E-state index is 12.0. The fraction of sp³-hybridized carbons (Fsp3) is 0.588. The second-order valence-corrected chi connectivity index (χ2v) is 6.58. The molecule has 1 saturated carbocycles. The molecule has 0 spiro atoms. The molecular formula is C17H24BrNO. The van der Waals surface area contributed by atoms with E-state index in [1.807, 2.05) is 12.1 Å². The fourth-order valence-electron chi connectivity index (χ4n) is 3.07. The van der Waals surface area contributed by atoms with Crippen LogP contribution >= 0.6 is 15.9 Å². The number of carbonyl (C=O) groups excluding carboxylic acids is 1. The molecule has 1 aliphatic rings. The van der Waals surface area contributed by atoms with Crippen molar-refractivity contribution < 1.29 is 4.79 Å². The Morgan fingerprint density at radius 1 is 1.30 bits per heavy atom. The van der Waals surface area contributed by atoms with Gasteiger partial charge in [-0.25, -0.2) is 0 Å². The van der Waals surface area contributed by atoms with Crippen LogP contribution in [0.2, 0.25) is 0 Å². The van der Waals surface area contributed by atoms with Gasteiger partial charge in [0.15, 0.2) is 0 Å². The highest BCUT2D eigenvalue weighted by Gasteiger charge is 2.24. The molecule has 0 bridgehead atoms. The lowest BCUT2D eigenvalue weighted by Crippen LogP contribution is -2.35. The van der Waals surface area contributed by atoms with Gasteiger partial charge in [-0.05, 0) is 37.2 Å². The first kappa shape index (κ1) is 15.6. The lowest BCUT2D eigenvalue weighted by atomic mass is 9.80. The van der Waals surface area contributed by atoms with Crippen LogP contribution in [0.25, 0.3) is 0 Å². The van der Waals surface area contributed by atoms with Crippen molar-refractivity contribution in [1.82, 2.24) is 5.32 Å². The summed E-state index contributed by atoms with van der Waals surface area (Å²) < 4.78 is 0. The summed E-state index contributed by atoms with van der Waals surface area (Å²) in [5.41, 5.74) is 2.31. The van der Waals surface area contributed by atoms with Crippen LogP contribution in [0, 0.1) is 18.8 Å². The van der Waals surface area contributed by atoms with E-state index in [-0.39, 0.29) is 5.91 Å². The fourth-order valence-corrected chi connectivity index (χ4v) is 3.92. The Balaban J connectivity index is 1.79. The number of carbonyl (C=O) groups is 1. The summed E-state index contributed by atoms with van der Waals surface area (Å²) in [4.78, 5) is 12.0. The predicted molar refractivity (Wildman–Crippen MR) is 87.1 cm³/mol. The Labute approximate surface area is 130 Å². The van der Waals surface area contributed by atoms with Gasteiger partial charge in [-0.2, -0.15) is 0 Å². The minimum atomic E-state index is 0.148. The van der Waals surface area contributed by atoms with Crippen LogP contribution in [0.5, 0.6) is 0 Å². The number of amides is 1. The van der Waals surface area contributed by atoms with Crippen molar-refractivity contribution in [2.75, 3.05) is 11.9 Å². The van der Waals surface area contributed by atoms with Gasteiger partial charge in [-0.1, -0.05) is 58.6 Å². The van der Waals surface area contributed by atoms with Crippen LogP contribution in [-0.2, 0) is 11.2 Å². The van der Waals surface area contributed by atoms with Gasteiger partial charge in [0, 0.05) is 11.9 Å². The molecule has 0 radical (unpaired) electrons. The average molecular weight is 338 g/mol. The zero-order valence-electron chi connectivity index (χ0n) is 12.2. The molecule has 1 amide bonds. The first-order valence-corrected chi connectivity index (χ1v) is 8.69. The molecule has 1 aromatic rings. The van der Waals surface area contributed by atoms with Crippen LogP contribution in [0.1, 0.15) is 36.8 Å². The van der Waals surface area contributed by atoms with E-state index < -0.39 is 0 Å². The molecule has 1 fully saturated rings. The highest BCUT2D eigenvalue weighted by atomic mass is 79.9. The lowest BCUT2D eigenvalue weighted by molar-refractivity contribution is -0.120. The van der Waals surface area contributed by atoms with Crippen molar-refractivity contribution in [2.45, 2.75) is 39.0 Å². The Morgan fingerprint density at radius 2 is 2.05 bits per heavy atom. The Hall–Kier alpha value is -0.830. The summed E-state index contributed by atoms with van der Waals surface area (Å²) in [5.74, 6) is 1.52. The Kier molecular flexibility index (Phi) is 6.08. The van der Waals surface area contributed by atoms with E-state index >= 15 is 0 Å². The third kappa shape index (κ3) is 4.62. The summed E-state index contributed by atoms with van der Waals surface area (Å²) in [6.45, 7) is 2.89. The highest BCUT2D eigenvalue weighted by molar-refractivity contribution is 9.09. The average Bonchev–Trinajstić information content (AvgIpc) is 2.45. The minimum absolute atomic E-state index is 0.148. The maximum absolute atomic E-state index is 12.0. The number of benzene rings is 1. The standard InChI is InChI=1S/C17H24BrNO/c1-13-5-4-6-14(9-13)10-17(20)19-12-16-8-3-2-7-15(16)11-18/h4-6,9,15-16H,2-3,7-8,10-12H2,1H3,(H,19,20). The Bertz CT molecular complexity index is 446. The summed E-state index contributed by atoms with van der Waals surface area (Å²) in [6, 6.07) is 8.18. The van der Waals surface area contributed by atoms with E-state index in [1.54, 1.807) is 0 Å². The lowest BCUT2D eigenvalue weighted by Gasteiger charge is -2.30. The van der Waals surface area contributed by atoms with Gasteiger partial charge in [0.25, 0.3) is 0 Å². The Morgan fingerprint density at radius 3 is 2.75 bits per heavy atom. The first-order valence-electron chi connectivity index (χ1n) is 7.57. The molecule has 1 N–H and O–H groups in total. The summed E-state index contributed by atoms with van der Waals surface area (Å²) in [7, 11) is 0. The van der Waals surface area contributed by atoms with Gasteiger partial charge in [0.2, 0.25) is 5.91 Å². The SMILES string of the molecule is Cc1cccc(CC(=O)NCC2CCCCC2CBr)c1. The molecule has 0 aliphatic heterocycles.